The predicted molar refractivity (Wildman–Crippen MR) is 115 cm³/mol. The van der Waals surface area contributed by atoms with Crippen molar-refractivity contribution in [3.05, 3.63) is 18.0 Å². The minimum Gasteiger partial charge on any atom is -0.359 e. The van der Waals surface area contributed by atoms with Crippen molar-refractivity contribution >= 4 is 32.9 Å². The highest BCUT2D eigenvalue weighted by Gasteiger charge is 2.44. The molecular formula is C19H25F4N7O2S. The van der Waals surface area contributed by atoms with Gasteiger partial charge in [-0.3, -0.25) is 0 Å². The Bertz CT molecular complexity index is 1110. The van der Waals surface area contributed by atoms with Gasteiger partial charge in [0.25, 0.3) is 22.6 Å². The number of hydrogen-bond donors (Lipinski definition) is 3. The number of hydrogen-bond acceptors (Lipinski definition) is 7. The first-order chi connectivity index (χ1) is 15.6. The summed E-state index contributed by atoms with van der Waals surface area (Å²) in [6.45, 7) is 0.606. The molecule has 14 heteroatoms. The summed E-state index contributed by atoms with van der Waals surface area (Å²) in [5.74, 6) is -2.91. The van der Waals surface area contributed by atoms with Crippen molar-refractivity contribution in [3.63, 3.8) is 0 Å². The molecule has 33 heavy (non-hydrogen) atoms. The molecule has 1 saturated heterocycles. The van der Waals surface area contributed by atoms with Crippen LogP contribution < -0.4 is 15.4 Å². The van der Waals surface area contributed by atoms with Gasteiger partial charge in [-0.05, 0) is 31.7 Å². The molecule has 2 aromatic rings. The third-order valence-corrected chi connectivity index (χ3v) is 7.58. The van der Waals surface area contributed by atoms with E-state index in [0.29, 0.717) is 32.4 Å². The Morgan fingerprint density at radius 2 is 1.88 bits per heavy atom. The van der Waals surface area contributed by atoms with E-state index in [2.05, 4.69) is 30.3 Å². The molecule has 0 unspecified atom stereocenters. The molecule has 4 rings (SSSR count). The zero-order valence-corrected chi connectivity index (χ0v) is 18.7. The van der Waals surface area contributed by atoms with Crippen molar-refractivity contribution < 1.29 is 26.0 Å². The van der Waals surface area contributed by atoms with Gasteiger partial charge in [0.1, 0.15) is 11.2 Å². The van der Waals surface area contributed by atoms with Crippen molar-refractivity contribution in [1.82, 2.24) is 24.0 Å². The molecule has 0 bridgehead atoms. The SMILES string of the molecule is CNS(=O)(=O)N1CCC(Nc2ncc3cc(C(F)F)nc(N[C@H]4CCCC4(F)F)c3n2)CC1. The van der Waals surface area contributed by atoms with Crippen LogP contribution in [0.2, 0.25) is 0 Å². The molecule has 0 amide bonds. The van der Waals surface area contributed by atoms with Gasteiger partial charge in [-0.1, -0.05) is 0 Å². The van der Waals surface area contributed by atoms with E-state index in [-0.39, 0.29) is 41.6 Å². The third-order valence-electron chi connectivity index (χ3n) is 6.02. The van der Waals surface area contributed by atoms with Crippen LogP contribution in [0.25, 0.3) is 10.9 Å². The van der Waals surface area contributed by atoms with E-state index >= 15 is 0 Å². The number of rotatable bonds is 7. The molecule has 2 aliphatic rings. The molecule has 1 atom stereocenters. The van der Waals surface area contributed by atoms with Gasteiger partial charge in [0.05, 0.1) is 6.04 Å². The number of aromatic nitrogens is 3. The predicted octanol–water partition coefficient (Wildman–Crippen LogP) is 2.90. The fourth-order valence-electron chi connectivity index (χ4n) is 4.16. The second kappa shape index (κ2) is 9.14. The van der Waals surface area contributed by atoms with Crippen molar-refractivity contribution in [3.8, 4) is 0 Å². The number of alkyl halides is 4. The van der Waals surface area contributed by atoms with Gasteiger partial charge in [0.15, 0.2) is 5.82 Å². The van der Waals surface area contributed by atoms with Gasteiger partial charge in [0, 0.05) is 44.2 Å². The van der Waals surface area contributed by atoms with Crippen LogP contribution in [-0.2, 0) is 10.2 Å². The van der Waals surface area contributed by atoms with E-state index in [1.165, 1.54) is 17.5 Å². The first kappa shape index (κ1) is 23.8. The standard InChI is InChI=1S/C19H25F4N7O2S/c1-24-33(31,32)30-7-4-12(5-8-30)26-18-25-10-11-9-13(16(20)21)27-17(15(11)29-18)28-14-3-2-6-19(14,22)23/h9-10,12,14,16,24H,2-8H2,1H3,(H,27,28)(H,25,26,29)/t14-/m0/s1. The van der Waals surface area contributed by atoms with E-state index in [4.69, 9.17) is 0 Å². The Hall–Kier alpha value is -2.32. The van der Waals surface area contributed by atoms with Crippen LogP contribution in [-0.4, -0.2) is 65.8 Å². The van der Waals surface area contributed by atoms with Gasteiger partial charge in [-0.25, -0.2) is 37.2 Å². The van der Waals surface area contributed by atoms with Crippen LogP contribution in [0.3, 0.4) is 0 Å². The zero-order valence-electron chi connectivity index (χ0n) is 17.9. The second-order valence-corrected chi connectivity index (χ2v) is 10.1. The maximum atomic E-state index is 14.1. The molecule has 1 aliphatic carbocycles. The van der Waals surface area contributed by atoms with Crippen molar-refractivity contribution in [1.29, 1.82) is 0 Å². The van der Waals surface area contributed by atoms with Crippen molar-refractivity contribution in [2.75, 3.05) is 30.8 Å². The lowest BCUT2D eigenvalue weighted by molar-refractivity contribution is -0.000663. The molecule has 2 fully saturated rings. The molecule has 0 radical (unpaired) electrons. The molecule has 2 aromatic heterocycles. The van der Waals surface area contributed by atoms with Gasteiger partial charge in [0.2, 0.25) is 5.95 Å². The van der Waals surface area contributed by atoms with Crippen LogP contribution >= 0.6 is 0 Å². The quantitative estimate of drug-likeness (QED) is 0.511. The molecule has 1 saturated carbocycles. The van der Waals surface area contributed by atoms with Gasteiger partial charge < -0.3 is 10.6 Å². The highest BCUT2D eigenvalue weighted by atomic mass is 32.2. The number of piperidine rings is 1. The number of pyridine rings is 1. The van der Waals surface area contributed by atoms with Gasteiger partial charge >= 0.3 is 0 Å². The summed E-state index contributed by atoms with van der Waals surface area (Å²) < 4.78 is 82.4. The lowest BCUT2D eigenvalue weighted by atomic mass is 10.1. The maximum absolute atomic E-state index is 14.1. The van der Waals surface area contributed by atoms with Gasteiger partial charge in [-0.15, -0.1) is 0 Å². The Balaban J connectivity index is 1.57. The molecule has 3 heterocycles. The van der Waals surface area contributed by atoms with E-state index < -0.39 is 34.3 Å². The lowest BCUT2D eigenvalue weighted by Crippen LogP contribution is -2.46. The zero-order chi connectivity index (χ0) is 23.8. The number of nitrogens with one attached hydrogen (secondary N) is 3. The van der Waals surface area contributed by atoms with E-state index in [9.17, 15) is 26.0 Å². The fraction of sp³-hybridized carbons (Fsp3) is 0.632. The maximum Gasteiger partial charge on any atom is 0.280 e. The summed E-state index contributed by atoms with van der Waals surface area (Å²) in [4.78, 5) is 12.4. The molecule has 0 aromatic carbocycles. The number of anilines is 2. The average Bonchev–Trinajstić information content (AvgIpc) is 3.11. The highest BCUT2D eigenvalue weighted by molar-refractivity contribution is 7.87. The largest absolute Gasteiger partial charge is 0.359 e. The number of halogens is 4. The Morgan fingerprint density at radius 1 is 1.15 bits per heavy atom. The fourth-order valence-corrected chi connectivity index (χ4v) is 5.11. The normalized spacial score (nSPS) is 22.2. The first-order valence-corrected chi connectivity index (χ1v) is 12.1. The summed E-state index contributed by atoms with van der Waals surface area (Å²) in [6, 6.07) is -0.191. The van der Waals surface area contributed by atoms with E-state index in [1.807, 2.05) is 0 Å². The van der Waals surface area contributed by atoms with Gasteiger partial charge in [-0.2, -0.15) is 12.7 Å². The van der Waals surface area contributed by atoms with Crippen LogP contribution in [0.5, 0.6) is 0 Å². The van der Waals surface area contributed by atoms with Crippen molar-refractivity contribution in [2.45, 2.75) is 56.5 Å². The minimum absolute atomic E-state index is 0.116. The molecule has 1 aliphatic heterocycles. The number of nitrogens with zero attached hydrogens (tertiary/aromatic N) is 4. The van der Waals surface area contributed by atoms with Crippen LogP contribution in [0.15, 0.2) is 12.3 Å². The monoisotopic (exact) mass is 491 g/mol. The molecular weight excluding hydrogens is 466 g/mol. The van der Waals surface area contributed by atoms with Crippen molar-refractivity contribution in [2.24, 2.45) is 0 Å². The average molecular weight is 492 g/mol. The first-order valence-electron chi connectivity index (χ1n) is 10.6. The lowest BCUT2D eigenvalue weighted by Gasteiger charge is -2.31. The minimum atomic E-state index is -3.50. The topological polar surface area (TPSA) is 112 Å². The van der Waals surface area contributed by atoms with Crippen LogP contribution in [0.1, 0.15) is 44.2 Å². The molecule has 3 N–H and O–H groups in total. The Morgan fingerprint density at radius 3 is 2.48 bits per heavy atom. The molecule has 0 spiro atoms. The summed E-state index contributed by atoms with van der Waals surface area (Å²) in [6.07, 6.45) is -0.289. The summed E-state index contributed by atoms with van der Waals surface area (Å²) >= 11 is 0. The summed E-state index contributed by atoms with van der Waals surface area (Å²) in [5.41, 5.74) is -0.386. The van der Waals surface area contributed by atoms with E-state index in [0.717, 1.165) is 6.07 Å². The smallest absolute Gasteiger partial charge is 0.280 e. The summed E-state index contributed by atoms with van der Waals surface area (Å²) in [7, 11) is -2.15. The molecule has 9 nitrogen and oxygen atoms in total. The molecule has 182 valence electrons. The van der Waals surface area contributed by atoms with E-state index in [1.54, 1.807) is 0 Å². The Kier molecular flexibility index (Phi) is 6.60. The third kappa shape index (κ3) is 5.11. The summed E-state index contributed by atoms with van der Waals surface area (Å²) in [5, 5.41) is 6.01. The van der Waals surface area contributed by atoms with Crippen LogP contribution in [0, 0.1) is 0 Å². The second-order valence-electron chi connectivity index (χ2n) is 8.20. The highest BCUT2D eigenvalue weighted by Crippen LogP contribution is 2.38. The number of fused-ring (bicyclic) bond motifs is 1. The Labute approximate surface area is 188 Å². The van der Waals surface area contributed by atoms with Crippen LogP contribution in [0.4, 0.5) is 29.3 Å².